The number of nitrogens with zero attached hydrogens (tertiary/aromatic N) is 1. The fraction of sp³-hybridized carbons (Fsp3) is 0.143. The van der Waals surface area contributed by atoms with Crippen molar-refractivity contribution in [3.8, 4) is 11.8 Å². The number of aliphatic hydroxyl groups excluding tert-OH is 1. The Labute approximate surface area is 119 Å². The molecule has 0 unspecified atom stereocenters. The minimum Gasteiger partial charge on any atom is -0.384 e. The Morgan fingerprint density at radius 3 is 3.00 bits per heavy atom. The fourth-order valence-corrected chi connectivity index (χ4v) is 2.26. The highest BCUT2D eigenvalue weighted by Crippen LogP contribution is 2.19. The van der Waals surface area contributed by atoms with Gasteiger partial charge in [-0.05, 0) is 25.1 Å². The van der Waals surface area contributed by atoms with Crippen molar-refractivity contribution >= 4 is 22.9 Å². The first kappa shape index (κ1) is 14.2. The summed E-state index contributed by atoms with van der Waals surface area (Å²) in [5.74, 6) is 4.26. The molecule has 20 heavy (non-hydrogen) atoms. The summed E-state index contributed by atoms with van der Waals surface area (Å²) in [7, 11) is 0. The first-order chi connectivity index (χ1) is 9.61. The molecule has 0 saturated carbocycles. The van der Waals surface area contributed by atoms with Gasteiger partial charge in [-0.2, -0.15) is 0 Å². The maximum absolute atomic E-state index is 13.2. The summed E-state index contributed by atoms with van der Waals surface area (Å²) < 4.78 is 13.2. The number of aryl methyl sites for hydroxylation is 1. The Bertz CT molecular complexity index is 701. The van der Waals surface area contributed by atoms with E-state index in [1.165, 1.54) is 29.5 Å². The Morgan fingerprint density at radius 2 is 2.35 bits per heavy atom. The zero-order chi connectivity index (χ0) is 14.5. The summed E-state index contributed by atoms with van der Waals surface area (Å²) in [6.45, 7) is 1.40. The van der Waals surface area contributed by atoms with Gasteiger partial charge in [0.25, 0.3) is 5.91 Å². The van der Waals surface area contributed by atoms with Crippen molar-refractivity contribution < 1.29 is 14.3 Å². The van der Waals surface area contributed by atoms with Crippen molar-refractivity contribution in [2.45, 2.75) is 6.92 Å². The van der Waals surface area contributed by atoms with Crippen molar-refractivity contribution in [3.05, 3.63) is 45.7 Å². The molecule has 0 spiro atoms. The largest absolute Gasteiger partial charge is 0.384 e. The predicted octanol–water partition coefficient (Wildman–Crippen LogP) is 2.19. The number of hydrogen-bond donors (Lipinski definition) is 2. The van der Waals surface area contributed by atoms with Gasteiger partial charge in [-0.25, -0.2) is 9.37 Å². The van der Waals surface area contributed by atoms with Gasteiger partial charge in [0.2, 0.25) is 0 Å². The van der Waals surface area contributed by atoms with E-state index in [0.29, 0.717) is 21.8 Å². The molecule has 1 aromatic heterocycles. The molecule has 2 aromatic rings. The first-order valence-electron chi connectivity index (χ1n) is 5.72. The van der Waals surface area contributed by atoms with Crippen LogP contribution in [0.4, 0.5) is 10.1 Å². The highest BCUT2D eigenvalue weighted by molar-refractivity contribution is 7.12. The monoisotopic (exact) mass is 290 g/mol. The van der Waals surface area contributed by atoms with Crippen LogP contribution >= 0.6 is 11.3 Å². The van der Waals surface area contributed by atoms with Gasteiger partial charge in [0.1, 0.15) is 17.3 Å². The average Bonchev–Trinajstić information content (AvgIpc) is 2.85. The lowest BCUT2D eigenvalue weighted by Gasteiger charge is -2.07. The topological polar surface area (TPSA) is 62.2 Å². The van der Waals surface area contributed by atoms with Crippen LogP contribution in [0.15, 0.2) is 23.7 Å². The average molecular weight is 290 g/mol. The lowest BCUT2D eigenvalue weighted by molar-refractivity contribution is 0.102. The number of thiazole rings is 1. The summed E-state index contributed by atoms with van der Waals surface area (Å²) in [5, 5.41) is 11.4. The quantitative estimate of drug-likeness (QED) is 0.833. The van der Waals surface area contributed by atoms with E-state index in [-0.39, 0.29) is 12.5 Å². The van der Waals surface area contributed by atoms with Crippen LogP contribution in [0.1, 0.15) is 20.9 Å². The van der Waals surface area contributed by atoms with Crippen LogP contribution < -0.4 is 5.32 Å². The predicted molar refractivity (Wildman–Crippen MR) is 75.2 cm³/mol. The normalized spacial score (nSPS) is 9.75. The number of nitrogens with one attached hydrogen (secondary N) is 1. The van der Waals surface area contributed by atoms with E-state index in [1.54, 1.807) is 12.4 Å². The molecule has 0 aliphatic heterocycles. The highest BCUT2D eigenvalue weighted by atomic mass is 32.1. The van der Waals surface area contributed by atoms with Crippen molar-refractivity contribution in [1.29, 1.82) is 0 Å². The van der Waals surface area contributed by atoms with Gasteiger partial charge in [0.15, 0.2) is 0 Å². The van der Waals surface area contributed by atoms with Crippen LogP contribution in [0.2, 0.25) is 0 Å². The molecular formula is C14H11FN2O2S. The second kappa shape index (κ2) is 6.28. The van der Waals surface area contributed by atoms with Crippen molar-refractivity contribution in [3.63, 3.8) is 0 Å². The van der Waals surface area contributed by atoms with E-state index >= 15 is 0 Å². The molecule has 2 N–H and O–H groups in total. The molecule has 0 aliphatic carbocycles. The summed E-state index contributed by atoms with van der Waals surface area (Å²) >= 11 is 1.23. The molecule has 0 aliphatic rings. The number of amides is 1. The van der Waals surface area contributed by atoms with E-state index in [9.17, 15) is 9.18 Å². The third-order valence-corrected chi connectivity index (χ3v) is 3.41. The zero-order valence-corrected chi connectivity index (χ0v) is 11.4. The molecule has 102 valence electrons. The van der Waals surface area contributed by atoms with Crippen molar-refractivity contribution in [2.24, 2.45) is 0 Å². The fourth-order valence-electron chi connectivity index (χ4n) is 1.56. The maximum Gasteiger partial charge on any atom is 0.267 e. The molecule has 6 heteroatoms. The van der Waals surface area contributed by atoms with Crippen LogP contribution in [0.3, 0.4) is 0 Å². The van der Waals surface area contributed by atoms with Gasteiger partial charge < -0.3 is 10.4 Å². The third kappa shape index (κ3) is 3.20. The molecule has 1 aromatic carbocycles. The Balaban J connectivity index is 2.29. The van der Waals surface area contributed by atoms with Gasteiger partial charge in [0.05, 0.1) is 22.5 Å². The number of rotatable bonds is 2. The molecule has 0 saturated heterocycles. The van der Waals surface area contributed by atoms with Crippen molar-refractivity contribution in [2.75, 3.05) is 11.9 Å². The molecule has 0 fully saturated rings. The first-order valence-corrected chi connectivity index (χ1v) is 6.60. The lowest BCUT2D eigenvalue weighted by Crippen LogP contribution is -2.12. The summed E-state index contributed by atoms with van der Waals surface area (Å²) in [6, 6.07) is 3.88. The van der Waals surface area contributed by atoms with E-state index in [0.717, 1.165) is 0 Å². The zero-order valence-electron chi connectivity index (χ0n) is 10.6. The maximum atomic E-state index is 13.2. The molecule has 0 bridgehead atoms. The number of carbonyl (C=O) groups is 1. The Hall–Kier alpha value is -2.23. The minimum absolute atomic E-state index is 0.314. The van der Waals surface area contributed by atoms with Crippen LogP contribution in [0.5, 0.6) is 0 Å². The van der Waals surface area contributed by atoms with Crippen LogP contribution in [0, 0.1) is 24.6 Å². The number of anilines is 1. The second-order valence-electron chi connectivity index (χ2n) is 3.87. The molecule has 0 atom stereocenters. The standard InChI is InChI=1S/C14H11FN2O2S/c1-9-13(20-8-16-9)14(19)17-12-5-4-11(15)7-10(12)3-2-6-18/h4-5,7-8,18H,6H2,1H3,(H,17,19). The van der Waals surface area contributed by atoms with E-state index in [1.807, 2.05) is 0 Å². The second-order valence-corrected chi connectivity index (χ2v) is 4.73. The van der Waals surface area contributed by atoms with E-state index < -0.39 is 5.82 Å². The summed E-state index contributed by atoms with van der Waals surface area (Å²) in [4.78, 5) is 16.6. The highest BCUT2D eigenvalue weighted by Gasteiger charge is 2.13. The number of halogens is 1. The number of aliphatic hydroxyl groups is 1. The molecule has 1 amide bonds. The van der Waals surface area contributed by atoms with Gasteiger partial charge in [-0.15, -0.1) is 11.3 Å². The third-order valence-electron chi connectivity index (χ3n) is 2.48. The molecular weight excluding hydrogens is 279 g/mol. The van der Waals surface area contributed by atoms with Gasteiger partial charge >= 0.3 is 0 Å². The lowest BCUT2D eigenvalue weighted by atomic mass is 10.1. The van der Waals surface area contributed by atoms with Gasteiger partial charge in [0, 0.05) is 0 Å². The Kier molecular flexibility index (Phi) is 4.45. The summed E-state index contributed by atoms with van der Waals surface area (Å²) in [5.41, 5.74) is 2.93. The SMILES string of the molecule is Cc1ncsc1C(=O)Nc1ccc(F)cc1C#CCO. The number of aromatic nitrogens is 1. The molecule has 2 rings (SSSR count). The van der Waals surface area contributed by atoms with Crippen LogP contribution in [-0.4, -0.2) is 22.6 Å². The summed E-state index contributed by atoms with van der Waals surface area (Å²) in [6.07, 6.45) is 0. The number of carbonyl (C=O) groups excluding carboxylic acids is 1. The van der Waals surface area contributed by atoms with Crippen LogP contribution in [-0.2, 0) is 0 Å². The molecule has 1 heterocycles. The van der Waals surface area contributed by atoms with E-state index in [4.69, 9.17) is 5.11 Å². The molecule has 0 radical (unpaired) electrons. The smallest absolute Gasteiger partial charge is 0.267 e. The van der Waals surface area contributed by atoms with E-state index in [2.05, 4.69) is 22.1 Å². The van der Waals surface area contributed by atoms with Crippen molar-refractivity contribution in [1.82, 2.24) is 4.98 Å². The van der Waals surface area contributed by atoms with Crippen LogP contribution in [0.25, 0.3) is 0 Å². The van der Waals surface area contributed by atoms with Gasteiger partial charge in [-0.3, -0.25) is 4.79 Å². The minimum atomic E-state index is -0.459. The number of benzene rings is 1. The number of hydrogen-bond acceptors (Lipinski definition) is 4. The molecule has 4 nitrogen and oxygen atoms in total. The van der Waals surface area contributed by atoms with Gasteiger partial charge in [-0.1, -0.05) is 11.8 Å². The Morgan fingerprint density at radius 1 is 1.55 bits per heavy atom.